The van der Waals surface area contributed by atoms with Crippen molar-refractivity contribution in [2.24, 2.45) is 5.73 Å². The highest BCUT2D eigenvalue weighted by Crippen LogP contribution is 2.39. The van der Waals surface area contributed by atoms with Gasteiger partial charge in [0.2, 0.25) is 5.91 Å². The molecule has 3 heterocycles. The van der Waals surface area contributed by atoms with Crippen molar-refractivity contribution in [3.05, 3.63) is 50.8 Å². The molecule has 0 unspecified atom stereocenters. The minimum absolute atomic E-state index is 0.0227. The number of benzene rings is 1. The summed E-state index contributed by atoms with van der Waals surface area (Å²) in [7, 11) is 0. The standard InChI is InChI=1S/C21H22Cl2N4O2/c1-12-15(9-24)19(14-5-4-13(22)8-16(14)23)20-17(25-12)10-27(21(20)29)11-18(28)26-6-2-3-7-26/h4-5,8H,2-3,6-7,9-11,24H2,1H3. The lowest BCUT2D eigenvalue weighted by Crippen LogP contribution is -2.39. The third-order valence-corrected chi connectivity index (χ3v) is 6.16. The van der Waals surface area contributed by atoms with E-state index in [2.05, 4.69) is 4.98 Å². The van der Waals surface area contributed by atoms with Gasteiger partial charge in [0, 0.05) is 46.5 Å². The first-order valence-corrected chi connectivity index (χ1v) is 10.4. The van der Waals surface area contributed by atoms with Gasteiger partial charge < -0.3 is 15.5 Å². The van der Waals surface area contributed by atoms with Gasteiger partial charge >= 0.3 is 0 Å². The van der Waals surface area contributed by atoms with E-state index in [1.165, 1.54) is 0 Å². The number of nitrogens with zero attached hydrogens (tertiary/aromatic N) is 3. The average Bonchev–Trinajstić information content (AvgIpc) is 3.30. The molecule has 4 rings (SSSR count). The molecule has 1 fully saturated rings. The molecule has 6 nitrogen and oxygen atoms in total. The second-order valence-corrected chi connectivity index (χ2v) is 8.29. The quantitative estimate of drug-likeness (QED) is 0.802. The zero-order chi connectivity index (χ0) is 20.7. The molecule has 1 aromatic heterocycles. The number of hydrogen-bond donors (Lipinski definition) is 1. The number of likely N-dealkylation sites (tertiary alicyclic amines) is 1. The Morgan fingerprint density at radius 2 is 1.93 bits per heavy atom. The van der Waals surface area contributed by atoms with Crippen molar-refractivity contribution in [2.75, 3.05) is 19.6 Å². The number of nitrogens with two attached hydrogens (primary N) is 1. The molecule has 2 aliphatic rings. The van der Waals surface area contributed by atoms with Crippen LogP contribution >= 0.6 is 23.2 Å². The second-order valence-electron chi connectivity index (χ2n) is 7.45. The van der Waals surface area contributed by atoms with Crippen molar-refractivity contribution in [1.82, 2.24) is 14.8 Å². The SMILES string of the molecule is Cc1nc2c(c(-c3ccc(Cl)cc3Cl)c1CN)C(=O)N(CC(=O)N1CCCC1)C2. The molecule has 1 aromatic carbocycles. The topological polar surface area (TPSA) is 79.5 Å². The number of rotatable bonds is 4. The summed E-state index contributed by atoms with van der Waals surface area (Å²) in [6.07, 6.45) is 2.03. The zero-order valence-corrected chi connectivity index (χ0v) is 17.7. The first-order valence-electron chi connectivity index (χ1n) is 9.65. The molecule has 0 radical (unpaired) electrons. The van der Waals surface area contributed by atoms with Crippen LogP contribution in [0.5, 0.6) is 0 Å². The van der Waals surface area contributed by atoms with Gasteiger partial charge in [-0.3, -0.25) is 14.6 Å². The number of pyridine rings is 1. The van der Waals surface area contributed by atoms with Crippen LogP contribution in [0.1, 0.15) is 40.2 Å². The van der Waals surface area contributed by atoms with E-state index >= 15 is 0 Å². The van der Waals surface area contributed by atoms with Crippen LogP contribution in [0.25, 0.3) is 11.1 Å². The van der Waals surface area contributed by atoms with Gasteiger partial charge in [-0.05, 0) is 37.5 Å². The summed E-state index contributed by atoms with van der Waals surface area (Å²) < 4.78 is 0. The summed E-state index contributed by atoms with van der Waals surface area (Å²) in [6, 6.07) is 5.18. The summed E-state index contributed by atoms with van der Waals surface area (Å²) in [6.45, 7) is 3.97. The predicted molar refractivity (Wildman–Crippen MR) is 113 cm³/mol. The van der Waals surface area contributed by atoms with Crippen LogP contribution in [0, 0.1) is 6.92 Å². The average molecular weight is 433 g/mol. The highest BCUT2D eigenvalue weighted by molar-refractivity contribution is 6.36. The third kappa shape index (κ3) is 3.61. The van der Waals surface area contributed by atoms with Gasteiger partial charge in [-0.2, -0.15) is 0 Å². The van der Waals surface area contributed by atoms with Crippen LogP contribution in [-0.2, 0) is 17.9 Å². The molecule has 2 aliphatic heterocycles. The van der Waals surface area contributed by atoms with E-state index in [9.17, 15) is 9.59 Å². The smallest absolute Gasteiger partial charge is 0.257 e. The molecule has 8 heteroatoms. The molecule has 0 bridgehead atoms. The first kappa shape index (κ1) is 20.1. The number of aromatic nitrogens is 1. The molecule has 0 saturated carbocycles. The first-order chi connectivity index (χ1) is 13.9. The lowest BCUT2D eigenvalue weighted by Gasteiger charge is -2.20. The normalized spacial score (nSPS) is 15.9. The Hall–Kier alpha value is -2.15. The predicted octanol–water partition coefficient (Wildman–Crippen LogP) is 3.40. The van der Waals surface area contributed by atoms with Gasteiger partial charge in [0.05, 0.1) is 17.8 Å². The number of hydrogen-bond acceptors (Lipinski definition) is 4. The third-order valence-electron chi connectivity index (χ3n) is 5.61. The summed E-state index contributed by atoms with van der Waals surface area (Å²) in [5, 5.41) is 0.957. The van der Waals surface area contributed by atoms with Crippen LogP contribution in [0.3, 0.4) is 0 Å². The van der Waals surface area contributed by atoms with Gasteiger partial charge in [0.15, 0.2) is 0 Å². The molecule has 0 spiro atoms. The number of carbonyl (C=O) groups excluding carboxylic acids is 2. The van der Waals surface area contributed by atoms with Crippen molar-refractivity contribution in [3.63, 3.8) is 0 Å². The molecular weight excluding hydrogens is 411 g/mol. The Morgan fingerprint density at radius 3 is 2.59 bits per heavy atom. The van der Waals surface area contributed by atoms with Crippen LogP contribution in [0.2, 0.25) is 10.0 Å². The maximum atomic E-state index is 13.3. The van der Waals surface area contributed by atoms with Crippen molar-refractivity contribution >= 4 is 35.0 Å². The number of carbonyl (C=O) groups is 2. The Bertz CT molecular complexity index is 1000. The van der Waals surface area contributed by atoms with Crippen LogP contribution < -0.4 is 5.73 Å². The number of halogens is 2. The van der Waals surface area contributed by atoms with E-state index in [0.717, 1.165) is 37.2 Å². The van der Waals surface area contributed by atoms with Gasteiger partial charge in [-0.15, -0.1) is 0 Å². The number of amides is 2. The van der Waals surface area contributed by atoms with Gasteiger partial charge in [-0.25, -0.2) is 0 Å². The molecule has 0 atom stereocenters. The molecule has 1 saturated heterocycles. The van der Waals surface area contributed by atoms with Crippen molar-refractivity contribution in [3.8, 4) is 11.1 Å². The van der Waals surface area contributed by atoms with E-state index < -0.39 is 0 Å². The van der Waals surface area contributed by atoms with E-state index in [1.54, 1.807) is 23.1 Å². The minimum atomic E-state index is -0.212. The van der Waals surface area contributed by atoms with Crippen molar-refractivity contribution < 1.29 is 9.59 Å². The lowest BCUT2D eigenvalue weighted by atomic mass is 9.93. The zero-order valence-electron chi connectivity index (χ0n) is 16.2. The summed E-state index contributed by atoms with van der Waals surface area (Å²) >= 11 is 12.5. The monoisotopic (exact) mass is 432 g/mol. The van der Waals surface area contributed by atoms with Gasteiger partial charge in [-0.1, -0.05) is 29.3 Å². The number of aryl methyl sites for hydroxylation is 1. The highest BCUT2D eigenvalue weighted by Gasteiger charge is 2.36. The van der Waals surface area contributed by atoms with Crippen LogP contribution in [0.15, 0.2) is 18.2 Å². The largest absolute Gasteiger partial charge is 0.341 e. The van der Waals surface area contributed by atoms with Crippen molar-refractivity contribution in [1.29, 1.82) is 0 Å². The summed E-state index contributed by atoms with van der Waals surface area (Å²) in [5.74, 6) is -0.235. The maximum absolute atomic E-state index is 13.3. The highest BCUT2D eigenvalue weighted by atomic mass is 35.5. The van der Waals surface area contributed by atoms with Gasteiger partial charge in [0.1, 0.15) is 6.54 Å². The van der Waals surface area contributed by atoms with Crippen molar-refractivity contribution in [2.45, 2.75) is 32.9 Å². The fourth-order valence-electron chi connectivity index (χ4n) is 4.15. The van der Waals surface area contributed by atoms with E-state index in [0.29, 0.717) is 39.0 Å². The molecule has 2 N–H and O–H groups in total. The summed E-state index contributed by atoms with van der Waals surface area (Å²) in [5.41, 5.74) is 10.1. The Morgan fingerprint density at radius 1 is 1.21 bits per heavy atom. The molecule has 2 amide bonds. The Balaban J connectivity index is 1.76. The number of fused-ring (bicyclic) bond motifs is 1. The lowest BCUT2D eigenvalue weighted by molar-refractivity contribution is -0.130. The van der Waals surface area contributed by atoms with E-state index in [4.69, 9.17) is 28.9 Å². The van der Waals surface area contributed by atoms with E-state index in [-0.39, 0.29) is 24.9 Å². The fraction of sp³-hybridized carbons (Fsp3) is 0.381. The molecule has 0 aliphatic carbocycles. The fourth-order valence-corrected chi connectivity index (χ4v) is 4.66. The minimum Gasteiger partial charge on any atom is -0.341 e. The Kier molecular flexibility index (Phi) is 5.51. The van der Waals surface area contributed by atoms with Crippen LogP contribution in [-0.4, -0.2) is 46.2 Å². The molecule has 2 aromatic rings. The molecular formula is C21H22Cl2N4O2. The Labute approximate surface area is 179 Å². The maximum Gasteiger partial charge on any atom is 0.257 e. The summed E-state index contributed by atoms with van der Waals surface area (Å²) in [4.78, 5) is 33.9. The molecule has 29 heavy (non-hydrogen) atoms. The van der Waals surface area contributed by atoms with E-state index in [1.807, 2.05) is 11.8 Å². The second kappa shape index (κ2) is 7.94. The van der Waals surface area contributed by atoms with Crippen LogP contribution in [0.4, 0.5) is 0 Å². The van der Waals surface area contributed by atoms with Gasteiger partial charge in [0.25, 0.3) is 5.91 Å². The molecule has 152 valence electrons.